The standard InChI is InChI=1S/C12H11FN4O4/c1-2-21-12(18)10(13)16-7-14-11(15-16)8-3-5-9(6-4-8)17(19)20/h3-7,10H,2H2,1H3. The van der Waals surface area contributed by atoms with Crippen molar-refractivity contribution in [2.45, 2.75) is 13.2 Å². The van der Waals surface area contributed by atoms with Gasteiger partial charge in [0, 0.05) is 17.7 Å². The van der Waals surface area contributed by atoms with E-state index in [-0.39, 0.29) is 18.1 Å². The smallest absolute Gasteiger partial charge is 0.363 e. The number of alkyl halides is 1. The molecule has 0 fully saturated rings. The molecule has 2 aromatic rings. The van der Waals surface area contributed by atoms with E-state index in [0.29, 0.717) is 5.56 Å². The molecule has 9 heteroatoms. The number of rotatable bonds is 5. The lowest BCUT2D eigenvalue weighted by molar-refractivity contribution is -0.384. The SMILES string of the molecule is CCOC(=O)C(F)n1cnc(-c2ccc([N+](=O)[O-])cc2)n1. The average molecular weight is 294 g/mol. The molecule has 0 saturated heterocycles. The number of aromatic nitrogens is 3. The van der Waals surface area contributed by atoms with E-state index in [1.54, 1.807) is 6.92 Å². The molecule has 2 rings (SSSR count). The molecule has 1 heterocycles. The number of ether oxygens (including phenoxy) is 1. The van der Waals surface area contributed by atoms with Crippen molar-refractivity contribution in [3.05, 3.63) is 40.7 Å². The van der Waals surface area contributed by atoms with Crippen LogP contribution in [0.5, 0.6) is 0 Å². The summed E-state index contributed by atoms with van der Waals surface area (Å²) in [6.45, 7) is 1.62. The molecule has 0 N–H and O–H groups in total. The van der Waals surface area contributed by atoms with Gasteiger partial charge in [0.15, 0.2) is 5.82 Å². The lowest BCUT2D eigenvalue weighted by Crippen LogP contribution is -2.18. The van der Waals surface area contributed by atoms with Gasteiger partial charge in [-0.3, -0.25) is 10.1 Å². The van der Waals surface area contributed by atoms with Crippen molar-refractivity contribution in [2.24, 2.45) is 0 Å². The van der Waals surface area contributed by atoms with Crippen molar-refractivity contribution < 1.29 is 18.8 Å². The first-order valence-electron chi connectivity index (χ1n) is 5.99. The van der Waals surface area contributed by atoms with Gasteiger partial charge < -0.3 is 4.74 Å². The third-order valence-electron chi connectivity index (χ3n) is 2.56. The summed E-state index contributed by atoms with van der Waals surface area (Å²) in [5.41, 5.74) is 0.392. The van der Waals surface area contributed by atoms with Crippen LogP contribution in [0.2, 0.25) is 0 Å². The molecule has 0 aliphatic heterocycles. The molecule has 0 bridgehead atoms. The molecule has 0 aliphatic rings. The molecule has 110 valence electrons. The van der Waals surface area contributed by atoms with Gasteiger partial charge >= 0.3 is 5.97 Å². The number of nitro groups is 1. The van der Waals surface area contributed by atoms with Crippen molar-refractivity contribution in [2.75, 3.05) is 6.61 Å². The second-order valence-electron chi connectivity index (χ2n) is 3.94. The third-order valence-corrected chi connectivity index (χ3v) is 2.56. The molecule has 1 atom stereocenters. The first-order chi connectivity index (χ1) is 10.0. The molecule has 0 amide bonds. The van der Waals surface area contributed by atoms with Crippen LogP contribution in [0.25, 0.3) is 11.4 Å². The Labute approximate surface area is 118 Å². The van der Waals surface area contributed by atoms with Gasteiger partial charge in [0.2, 0.25) is 0 Å². The van der Waals surface area contributed by atoms with Gasteiger partial charge in [-0.05, 0) is 19.1 Å². The zero-order valence-corrected chi connectivity index (χ0v) is 11.0. The summed E-state index contributed by atoms with van der Waals surface area (Å²) in [6, 6.07) is 5.45. The van der Waals surface area contributed by atoms with Gasteiger partial charge in [-0.1, -0.05) is 0 Å². The normalized spacial score (nSPS) is 11.9. The fourth-order valence-electron chi connectivity index (χ4n) is 1.57. The maximum Gasteiger partial charge on any atom is 0.363 e. The Morgan fingerprint density at radius 2 is 2.14 bits per heavy atom. The van der Waals surface area contributed by atoms with Crippen LogP contribution in [0.4, 0.5) is 10.1 Å². The van der Waals surface area contributed by atoms with Crippen LogP contribution in [0.15, 0.2) is 30.6 Å². The predicted octanol–water partition coefficient (Wildman–Crippen LogP) is 1.88. The summed E-state index contributed by atoms with van der Waals surface area (Å²) in [6.07, 6.45) is -1.03. The average Bonchev–Trinajstić information content (AvgIpc) is 2.96. The van der Waals surface area contributed by atoms with Gasteiger partial charge in [-0.25, -0.2) is 18.9 Å². The van der Waals surface area contributed by atoms with Crippen LogP contribution in [0.3, 0.4) is 0 Å². The molecule has 1 aromatic carbocycles. The molecule has 0 spiro atoms. The number of halogens is 1. The van der Waals surface area contributed by atoms with E-state index < -0.39 is 17.2 Å². The number of carbonyl (C=O) groups is 1. The molecule has 0 aliphatic carbocycles. The largest absolute Gasteiger partial charge is 0.462 e. The molecule has 1 unspecified atom stereocenters. The summed E-state index contributed by atoms with van der Waals surface area (Å²) >= 11 is 0. The molecule has 21 heavy (non-hydrogen) atoms. The second kappa shape index (κ2) is 6.07. The van der Waals surface area contributed by atoms with E-state index in [2.05, 4.69) is 14.8 Å². The van der Waals surface area contributed by atoms with Crippen molar-refractivity contribution >= 4 is 11.7 Å². The van der Waals surface area contributed by atoms with Crippen LogP contribution in [-0.4, -0.2) is 32.3 Å². The number of esters is 1. The maximum absolute atomic E-state index is 13.7. The number of carbonyl (C=O) groups excluding carboxylic acids is 1. The van der Waals surface area contributed by atoms with E-state index >= 15 is 0 Å². The first kappa shape index (κ1) is 14.6. The summed E-state index contributed by atoms with van der Waals surface area (Å²) < 4.78 is 19.0. The lowest BCUT2D eigenvalue weighted by Gasteiger charge is -2.06. The fraction of sp³-hybridized carbons (Fsp3) is 0.250. The van der Waals surface area contributed by atoms with E-state index in [1.165, 1.54) is 24.3 Å². The minimum Gasteiger partial charge on any atom is -0.462 e. The number of hydrogen-bond acceptors (Lipinski definition) is 6. The topological polar surface area (TPSA) is 100 Å². The van der Waals surface area contributed by atoms with Gasteiger partial charge in [0.05, 0.1) is 11.5 Å². The number of nitro benzene ring substituents is 1. The number of hydrogen-bond donors (Lipinski definition) is 0. The van der Waals surface area contributed by atoms with Crippen LogP contribution in [-0.2, 0) is 9.53 Å². The van der Waals surface area contributed by atoms with Crippen LogP contribution < -0.4 is 0 Å². The Bertz CT molecular complexity index is 656. The number of benzene rings is 1. The lowest BCUT2D eigenvalue weighted by atomic mass is 10.2. The monoisotopic (exact) mass is 294 g/mol. The Morgan fingerprint density at radius 3 is 2.71 bits per heavy atom. The van der Waals surface area contributed by atoms with Crippen molar-refractivity contribution in [3.63, 3.8) is 0 Å². The van der Waals surface area contributed by atoms with E-state index in [1.807, 2.05) is 0 Å². The predicted molar refractivity (Wildman–Crippen MR) is 68.9 cm³/mol. The third kappa shape index (κ3) is 3.19. The zero-order chi connectivity index (χ0) is 15.4. The van der Waals surface area contributed by atoms with Crippen molar-refractivity contribution in [1.29, 1.82) is 0 Å². The minimum absolute atomic E-state index is 0.0587. The van der Waals surface area contributed by atoms with Crippen LogP contribution in [0.1, 0.15) is 13.2 Å². The Kier molecular flexibility index (Phi) is 4.21. The van der Waals surface area contributed by atoms with E-state index in [9.17, 15) is 19.3 Å². The zero-order valence-electron chi connectivity index (χ0n) is 11.0. The molecule has 8 nitrogen and oxygen atoms in total. The van der Waals surface area contributed by atoms with Gasteiger partial charge in [0.25, 0.3) is 12.0 Å². The minimum atomic E-state index is -2.08. The molecule has 0 radical (unpaired) electrons. The highest BCUT2D eigenvalue weighted by Crippen LogP contribution is 2.20. The van der Waals surface area contributed by atoms with Crippen LogP contribution in [0, 0.1) is 10.1 Å². The van der Waals surface area contributed by atoms with Crippen LogP contribution >= 0.6 is 0 Å². The van der Waals surface area contributed by atoms with Gasteiger partial charge in [-0.2, -0.15) is 0 Å². The highest BCUT2D eigenvalue weighted by atomic mass is 19.1. The summed E-state index contributed by atoms with van der Waals surface area (Å²) in [5, 5.41) is 14.4. The number of non-ortho nitro benzene ring substituents is 1. The summed E-state index contributed by atoms with van der Waals surface area (Å²) in [7, 11) is 0. The summed E-state index contributed by atoms with van der Waals surface area (Å²) in [4.78, 5) is 25.1. The number of nitrogens with zero attached hydrogens (tertiary/aromatic N) is 4. The highest BCUT2D eigenvalue weighted by molar-refractivity contribution is 5.72. The molecular weight excluding hydrogens is 283 g/mol. The Balaban J connectivity index is 2.19. The highest BCUT2D eigenvalue weighted by Gasteiger charge is 2.22. The van der Waals surface area contributed by atoms with Gasteiger partial charge in [-0.15, -0.1) is 5.10 Å². The van der Waals surface area contributed by atoms with Crippen molar-refractivity contribution in [3.8, 4) is 11.4 Å². The molecule has 1 aromatic heterocycles. The quantitative estimate of drug-likeness (QED) is 0.474. The Hall–Kier alpha value is -2.84. The van der Waals surface area contributed by atoms with E-state index in [0.717, 1.165) is 11.0 Å². The molecular formula is C12H11FN4O4. The second-order valence-corrected chi connectivity index (χ2v) is 3.94. The maximum atomic E-state index is 13.7. The first-order valence-corrected chi connectivity index (χ1v) is 5.99. The van der Waals surface area contributed by atoms with Crippen molar-refractivity contribution in [1.82, 2.24) is 14.8 Å². The van der Waals surface area contributed by atoms with E-state index in [4.69, 9.17) is 0 Å². The van der Waals surface area contributed by atoms with Gasteiger partial charge in [0.1, 0.15) is 6.33 Å². The summed E-state index contributed by atoms with van der Waals surface area (Å²) in [5.74, 6) is -0.908. The Morgan fingerprint density at radius 1 is 1.48 bits per heavy atom. The fourth-order valence-corrected chi connectivity index (χ4v) is 1.57. The molecule has 0 saturated carbocycles.